The quantitative estimate of drug-likeness (QED) is 0.562. The lowest BCUT2D eigenvalue weighted by atomic mass is 9.95. The lowest BCUT2D eigenvalue weighted by Crippen LogP contribution is -2.25. The third kappa shape index (κ3) is 5.12. The summed E-state index contributed by atoms with van der Waals surface area (Å²) in [5.74, 6) is -1.78. The zero-order chi connectivity index (χ0) is 20.7. The molecule has 2 aromatic rings. The molecule has 0 amide bonds. The highest BCUT2D eigenvalue weighted by molar-refractivity contribution is 6.15. The van der Waals surface area contributed by atoms with Gasteiger partial charge in [0.25, 0.3) is 0 Å². The van der Waals surface area contributed by atoms with Gasteiger partial charge in [-0.05, 0) is 44.0 Å². The number of carboxylic acid groups (broad SMARTS) is 1. The van der Waals surface area contributed by atoms with Gasteiger partial charge < -0.3 is 15.1 Å². The number of aryl methyl sites for hydroxylation is 1. The van der Waals surface area contributed by atoms with E-state index in [0.29, 0.717) is 0 Å². The van der Waals surface area contributed by atoms with Gasteiger partial charge in [-0.25, -0.2) is 4.79 Å². The van der Waals surface area contributed by atoms with E-state index in [1.165, 1.54) is 6.07 Å². The summed E-state index contributed by atoms with van der Waals surface area (Å²) in [6, 6.07) is 9.65. The predicted octanol–water partition coefficient (Wildman–Crippen LogP) is 5.04. The summed E-state index contributed by atoms with van der Waals surface area (Å²) in [7, 11) is 0. The number of ketones is 1. The Bertz CT molecular complexity index is 836. The Balaban J connectivity index is 2.37. The van der Waals surface area contributed by atoms with Crippen molar-refractivity contribution in [3.63, 3.8) is 0 Å². The second-order valence-corrected chi connectivity index (χ2v) is 7.08. The van der Waals surface area contributed by atoms with E-state index in [4.69, 9.17) is 0 Å². The van der Waals surface area contributed by atoms with Crippen LogP contribution >= 0.6 is 0 Å². The first-order valence-corrected chi connectivity index (χ1v) is 9.85. The Morgan fingerprint density at radius 1 is 0.893 bits per heavy atom. The molecule has 5 nitrogen and oxygen atoms in total. The molecule has 0 aliphatic rings. The van der Waals surface area contributed by atoms with Crippen LogP contribution in [0.4, 0.5) is 5.69 Å². The Morgan fingerprint density at radius 2 is 1.50 bits per heavy atom. The maximum absolute atomic E-state index is 12.9. The van der Waals surface area contributed by atoms with E-state index in [1.54, 1.807) is 31.2 Å². The first-order chi connectivity index (χ1) is 13.4. The first-order valence-electron chi connectivity index (χ1n) is 9.85. The molecular weight excluding hydrogens is 354 g/mol. The van der Waals surface area contributed by atoms with E-state index in [-0.39, 0.29) is 22.4 Å². The molecule has 0 saturated carbocycles. The largest absolute Gasteiger partial charge is 0.507 e. The van der Waals surface area contributed by atoms with Gasteiger partial charge in [-0.15, -0.1) is 0 Å². The van der Waals surface area contributed by atoms with E-state index in [9.17, 15) is 19.8 Å². The number of benzene rings is 2. The lowest BCUT2D eigenvalue weighted by Gasteiger charge is -2.25. The number of nitrogens with zero attached hydrogens (tertiary/aromatic N) is 1. The fourth-order valence-corrected chi connectivity index (χ4v) is 3.15. The maximum Gasteiger partial charge on any atom is 0.336 e. The summed E-state index contributed by atoms with van der Waals surface area (Å²) in [5, 5.41) is 19.9. The number of hydrogen-bond acceptors (Lipinski definition) is 4. The van der Waals surface area contributed by atoms with Crippen LogP contribution in [-0.2, 0) is 0 Å². The van der Waals surface area contributed by atoms with Crippen LogP contribution in [0.5, 0.6) is 5.75 Å². The Kier molecular flexibility index (Phi) is 7.61. The molecule has 0 radical (unpaired) electrons. The number of phenolic OH excluding ortho intramolecular Hbond substituents is 1. The van der Waals surface area contributed by atoms with E-state index in [1.807, 2.05) is 6.07 Å². The lowest BCUT2D eigenvalue weighted by molar-refractivity contribution is 0.0692. The average Bonchev–Trinajstić information content (AvgIpc) is 2.67. The summed E-state index contributed by atoms with van der Waals surface area (Å²) in [6.07, 6.45) is 4.26. The van der Waals surface area contributed by atoms with Gasteiger partial charge in [-0.2, -0.15) is 0 Å². The molecule has 150 valence electrons. The number of carbonyl (C=O) groups excluding carboxylic acids is 1. The topological polar surface area (TPSA) is 77.8 Å². The van der Waals surface area contributed by atoms with Gasteiger partial charge in [0.2, 0.25) is 0 Å². The maximum atomic E-state index is 12.9. The molecule has 0 spiro atoms. The SMILES string of the molecule is CCCCN(CCCC)c1ccc(C(=O)c2cc(C)ccc2C(=O)O)c(O)c1. The van der Waals surface area contributed by atoms with E-state index >= 15 is 0 Å². The van der Waals surface area contributed by atoms with Gasteiger partial charge in [0.05, 0.1) is 11.1 Å². The van der Waals surface area contributed by atoms with Crippen molar-refractivity contribution in [2.24, 2.45) is 0 Å². The molecule has 0 saturated heterocycles. The Morgan fingerprint density at radius 3 is 2.04 bits per heavy atom. The van der Waals surface area contributed by atoms with Crippen molar-refractivity contribution < 1.29 is 19.8 Å². The van der Waals surface area contributed by atoms with Crippen LogP contribution in [0.1, 0.15) is 71.4 Å². The number of rotatable bonds is 10. The summed E-state index contributed by atoms with van der Waals surface area (Å²) in [4.78, 5) is 26.6. The zero-order valence-electron chi connectivity index (χ0n) is 16.9. The van der Waals surface area contributed by atoms with Crippen molar-refractivity contribution in [3.05, 3.63) is 58.7 Å². The van der Waals surface area contributed by atoms with Crippen LogP contribution in [0.3, 0.4) is 0 Å². The highest BCUT2D eigenvalue weighted by Gasteiger charge is 2.21. The van der Waals surface area contributed by atoms with Crippen molar-refractivity contribution in [1.29, 1.82) is 0 Å². The van der Waals surface area contributed by atoms with Gasteiger partial charge >= 0.3 is 5.97 Å². The number of phenols is 1. The number of aromatic carboxylic acids is 1. The van der Waals surface area contributed by atoms with Gasteiger partial charge in [-0.3, -0.25) is 4.79 Å². The van der Waals surface area contributed by atoms with Gasteiger partial charge in [-0.1, -0.05) is 38.3 Å². The minimum atomic E-state index is -1.16. The third-order valence-electron chi connectivity index (χ3n) is 4.80. The Labute approximate surface area is 166 Å². The van der Waals surface area contributed by atoms with Crippen LogP contribution in [-0.4, -0.2) is 35.1 Å². The normalized spacial score (nSPS) is 10.7. The molecular formula is C23H29NO4. The van der Waals surface area contributed by atoms with Crippen LogP contribution in [0.25, 0.3) is 0 Å². The number of carbonyl (C=O) groups is 2. The smallest absolute Gasteiger partial charge is 0.336 e. The van der Waals surface area contributed by atoms with Crippen LogP contribution in [0, 0.1) is 6.92 Å². The minimum absolute atomic E-state index is 0.0633. The number of carboxylic acids is 1. The molecule has 0 unspecified atom stereocenters. The second kappa shape index (κ2) is 9.93. The number of unbranched alkanes of at least 4 members (excludes halogenated alkanes) is 2. The molecule has 0 atom stereocenters. The molecule has 0 fully saturated rings. The molecule has 0 heterocycles. The Hall–Kier alpha value is -2.82. The number of anilines is 1. The molecule has 0 aliphatic heterocycles. The molecule has 0 aromatic heterocycles. The van der Waals surface area contributed by atoms with Gasteiger partial charge in [0.15, 0.2) is 5.78 Å². The van der Waals surface area contributed by atoms with Gasteiger partial charge in [0, 0.05) is 30.4 Å². The predicted molar refractivity (Wildman–Crippen MR) is 112 cm³/mol. The monoisotopic (exact) mass is 383 g/mol. The van der Waals surface area contributed by atoms with E-state index in [0.717, 1.165) is 50.0 Å². The summed E-state index contributed by atoms with van der Waals surface area (Å²) in [6.45, 7) is 7.86. The summed E-state index contributed by atoms with van der Waals surface area (Å²) >= 11 is 0. The zero-order valence-corrected chi connectivity index (χ0v) is 16.9. The summed E-state index contributed by atoms with van der Waals surface area (Å²) in [5.41, 5.74) is 1.80. The molecule has 28 heavy (non-hydrogen) atoms. The highest BCUT2D eigenvalue weighted by atomic mass is 16.4. The van der Waals surface area contributed by atoms with Gasteiger partial charge in [0.1, 0.15) is 5.75 Å². The van der Waals surface area contributed by atoms with Crippen molar-refractivity contribution in [1.82, 2.24) is 0 Å². The van der Waals surface area contributed by atoms with Crippen molar-refractivity contribution in [2.45, 2.75) is 46.5 Å². The minimum Gasteiger partial charge on any atom is -0.507 e. The molecule has 2 rings (SSSR count). The van der Waals surface area contributed by atoms with Crippen LogP contribution in [0.15, 0.2) is 36.4 Å². The van der Waals surface area contributed by atoms with E-state index in [2.05, 4.69) is 18.7 Å². The van der Waals surface area contributed by atoms with E-state index < -0.39 is 11.8 Å². The number of hydrogen-bond donors (Lipinski definition) is 2. The van der Waals surface area contributed by atoms with Crippen molar-refractivity contribution in [2.75, 3.05) is 18.0 Å². The van der Waals surface area contributed by atoms with Crippen LogP contribution in [0.2, 0.25) is 0 Å². The fraction of sp³-hybridized carbons (Fsp3) is 0.391. The van der Waals surface area contributed by atoms with Crippen molar-refractivity contribution in [3.8, 4) is 5.75 Å². The van der Waals surface area contributed by atoms with Crippen LogP contribution < -0.4 is 4.90 Å². The molecule has 0 aliphatic carbocycles. The molecule has 0 bridgehead atoms. The molecule has 5 heteroatoms. The number of aromatic hydroxyl groups is 1. The molecule has 2 N–H and O–H groups in total. The molecule has 2 aromatic carbocycles. The van der Waals surface area contributed by atoms with Crippen molar-refractivity contribution >= 4 is 17.4 Å². The fourth-order valence-electron chi connectivity index (χ4n) is 3.15. The standard InChI is InChI=1S/C23H29NO4/c1-4-6-12-24(13-7-5-2)17-9-11-19(21(25)15-17)22(26)20-14-16(3)8-10-18(20)23(27)28/h8-11,14-15,25H,4-7,12-13H2,1-3H3,(H,27,28). The second-order valence-electron chi connectivity index (χ2n) is 7.08. The third-order valence-corrected chi connectivity index (χ3v) is 4.80. The first kappa shape index (κ1) is 21.5. The average molecular weight is 383 g/mol. The summed E-state index contributed by atoms with van der Waals surface area (Å²) < 4.78 is 0. The highest BCUT2D eigenvalue weighted by Crippen LogP contribution is 2.28.